The summed E-state index contributed by atoms with van der Waals surface area (Å²) in [7, 11) is 1.68. The normalized spacial score (nSPS) is 15.4. The Balaban J connectivity index is 1.58. The summed E-state index contributed by atoms with van der Waals surface area (Å²) < 4.78 is 5.41. The first-order valence-electron chi connectivity index (χ1n) is 10.2. The molecule has 1 aliphatic rings. The minimum Gasteiger partial charge on any atom is -0.497 e. The van der Waals surface area contributed by atoms with Gasteiger partial charge in [-0.1, -0.05) is 30.3 Å². The first-order valence-corrected chi connectivity index (χ1v) is 10.2. The Hall–Kier alpha value is -2.92. The van der Waals surface area contributed by atoms with Gasteiger partial charge in [-0.3, -0.25) is 14.7 Å². The molecule has 0 spiro atoms. The van der Waals surface area contributed by atoms with E-state index in [1.807, 2.05) is 49.4 Å². The van der Waals surface area contributed by atoms with Crippen LogP contribution in [0.15, 0.2) is 54.6 Å². The lowest BCUT2D eigenvalue weighted by atomic mass is 10.0. The van der Waals surface area contributed by atoms with Gasteiger partial charge in [0.2, 0.25) is 0 Å². The number of benzene rings is 2. The van der Waals surface area contributed by atoms with Gasteiger partial charge in [-0.2, -0.15) is 0 Å². The molecule has 1 saturated heterocycles. The highest BCUT2D eigenvalue weighted by Crippen LogP contribution is 2.27. The molecule has 1 fully saturated rings. The van der Waals surface area contributed by atoms with E-state index in [1.165, 1.54) is 18.4 Å². The smallest absolute Gasteiger partial charge is 0.252 e. The molecule has 1 amide bonds. The van der Waals surface area contributed by atoms with Crippen molar-refractivity contribution in [2.75, 3.05) is 26.7 Å². The molecule has 150 valence electrons. The summed E-state index contributed by atoms with van der Waals surface area (Å²) in [4.78, 5) is 20.1. The molecule has 0 bridgehead atoms. The molecule has 2 heterocycles. The van der Waals surface area contributed by atoms with Gasteiger partial charge in [0, 0.05) is 17.6 Å². The third kappa shape index (κ3) is 4.25. The number of carbonyl (C=O) groups excluding carboxylic acids is 1. The molecule has 5 heteroatoms. The van der Waals surface area contributed by atoms with Crippen molar-refractivity contribution in [3.05, 3.63) is 71.4 Å². The van der Waals surface area contributed by atoms with Crippen LogP contribution in [0.2, 0.25) is 0 Å². The summed E-state index contributed by atoms with van der Waals surface area (Å²) in [6.07, 6.45) is 2.39. The van der Waals surface area contributed by atoms with Crippen molar-refractivity contribution >= 4 is 16.8 Å². The van der Waals surface area contributed by atoms with E-state index in [9.17, 15) is 4.79 Å². The molecule has 5 nitrogen and oxygen atoms in total. The van der Waals surface area contributed by atoms with Gasteiger partial charge in [0.15, 0.2) is 0 Å². The topological polar surface area (TPSA) is 54.5 Å². The third-order valence-electron chi connectivity index (χ3n) is 5.60. The summed E-state index contributed by atoms with van der Waals surface area (Å²) in [6, 6.07) is 17.9. The van der Waals surface area contributed by atoms with Gasteiger partial charge < -0.3 is 10.1 Å². The number of methoxy groups -OCH3 is 1. The Morgan fingerprint density at radius 3 is 2.72 bits per heavy atom. The Morgan fingerprint density at radius 1 is 1.14 bits per heavy atom. The van der Waals surface area contributed by atoms with Gasteiger partial charge in [0.1, 0.15) is 5.75 Å². The molecule has 1 aliphatic heterocycles. The number of hydrogen-bond acceptors (Lipinski definition) is 4. The first kappa shape index (κ1) is 19.4. The highest BCUT2D eigenvalue weighted by atomic mass is 16.5. The fraction of sp³-hybridized carbons (Fsp3) is 0.333. The lowest BCUT2D eigenvalue weighted by molar-refractivity contribution is 0.0939. The second kappa shape index (κ2) is 8.62. The highest BCUT2D eigenvalue weighted by molar-refractivity contribution is 6.06. The van der Waals surface area contributed by atoms with Crippen molar-refractivity contribution in [1.29, 1.82) is 0 Å². The zero-order valence-corrected chi connectivity index (χ0v) is 17.0. The van der Waals surface area contributed by atoms with Crippen LogP contribution < -0.4 is 10.1 Å². The monoisotopic (exact) mass is 389 g/mol. The van der Waals surface area contributed by atoms with E-state index in [4.69, 9.17) is 4.74 Å². The van der Waals surface area contributed by atoms with E-state index in [0.717, 1.165) is 35.4 Å². The number of para-hydroxylation sites is 1. The standard InChI is InChI=1S/C24H27N3O2/c1-17-14-21(20-10-3-4-11-22(20)26-17)24(28)25-16-23(27-12-5-6-13-27)18-8-7-9-19(15-18)29-2/h3-4,7-11,14-15,23H,5-6,12-13,16H2,1-2H3,(H,25,28). The number of nitrogens with one attached hydrogen (secondary N) is 1. The number of likely N-dealkylation sites (tertiary alicyclic amines) is 1. The number of amides is 1. The summed E-state index contributed by atoms with van der Waals surface area (Å²) >= 11 is 0. The Bertz CT molecular complexity index is 1010. The van der Waals surface area contributed by atoms with E-state index in [0.29, 0.717) is 12.1 Å². The number of aromatic nitrogens is 1. The fourth-order valence-corrected chi connectivity index (χ4v) is 4.14. The van der Waals surface area contributed by atoms with Crippen LogP contribution in [-0.4, -0.2) is 42.5 Å². The van der Waals surface area contributed by atoms with Crippen LogP contribution in [0.25, 0.3) is 10.9 Å². The number of aryl methyl sites for hydroxylation is 1. The quantitative estimate of drug-likeness (QED) is 0.689. The van der Waals surface area contributed by atoms with Crippen molar-refractivity contribution in [2.24, 2.45) is 0 Å². The Labute approximate surface area is 171 Å². The second-order valence-corrected chi connectivity index (χ2v) is 7.57. The number of fused-ring (bicyclic) bond motifs is 1. The van der Waals surface area contributed by atoms with Gasteiger partial charge >= 0.3 is 0 Å². The Kier molecular flexibility index (Phi) is 5.76. The number of nitrogens with zero attached hydrogens (tertiary/aromatic N) is 2. The largest absolute Gasteiger partial charge is 0.497 e. The zero-order valence-electron chi connectivity index (χ0n) is 17.0. The maximum atomic E-state index is 13.1. The molecule has 29 heavy (non-hydrogen) atoms. The van der Waals surface area contributed by atoms with Crippen molar-refractivity contribution in [1.82, 2.24) is 15.2 Å². The SMILES string of the molecule is COc1cccc(C(CNC(=O)c2cc(C)nc3ccccc23)N2CCCC2)c1. The van der Waals surface area contributed by atoms with Gasteiger partial charge in [-0.25, -0.2) is 0 Å². The first-order chi connectivity index (χ1) is 14.2. The number of ether oxygens (including phenoxy) is 1. The molecule has 1 N–H and O–H groups in total. The van der Waals surface area contributed by atoms with Crippen molar-refractivity contribution in [2.45, 2.75) is 25.8 Å². The summed E-state index contributed by atoms with van der Waals surface area (Å²) in [5, 5.41) is 4.07. The van der Waals surface area contributed by atoms with Crippen molar-refractivity contribution in [3.8, 4) is 5.75 Å². The zero-order chi connectivity index (χ0) is 20.2. The molecule has 0 saturated carbocycles. The van der Waals surface area contributed by atoms with Crippen LogP contribution in [0.1, 0.15) is 40.5 Å². The number of pyridine rings is 1. The van der Waals surface area contributed by atoms with E-state index in [1.54, 1.807) is 7.11 Å². The number of carbonyl (C=O) groups is 1. The molecular formula is C24H27N3O2. The van der Waals surface area contributed by atoms with Crippen molar-refractivity contribution in [3.63, 3.8) is 0 Å². The molecule has 1 aromatic heterocycles. The molecule has 4 rings (SSSR count). The van der Waals surface area contributed by atoms with Crippen LogP contribution in [0.3, 0.4) is 0 Å². The fourth-order valence-electron chi connectivity index (χ4n) is 4.14. The second-order valence-electron chi connectivity index (χ2n) is 7.57. The van der Waals surface area contributed by atoms with Gasteiger partial charge in [0.25, 0.3) is 5.91 Å². The van der Waals surface area contributed by atoms with E-state index < -0.39 is 0 Å². The van der Waals surface area contributed by atoms with Gasteiger partial charge in [-0.15, -0.1) is 0 Å². The van der Waals surface area contributed by atoms with E-state index in [2.05, 4.69) is 27.3 Å². The molecule has 1 atom stereocenters. The lowest BCUT2D eigenvalue weighted by Gasteiger charge is -2.28. The maximum absolute atomic E-state index is 13.1. The molecule has 2 aromatic carbocycles. The van der Waals surface area contributed by atoms with Gasteiger partial charge in [0.05, 0.1) is 24.2 Å². The average molecular weight is 389 g/mol. The molecule has 3 aromatic rings. The van der Waals surface area contributed by atoms with Crippen LogP contribution in [-0.2, 0) is 0 Å². The third-order valence-corrected chi connectivity index (χ3v) is 5.60. The molecule has 0 aliphatic carbocycles. The minimum absolute atomic E-state index is 0.0567. The van der Waals surface area contributed by atoms with Crippen molar-refractivity contribution < 1.29 is 9.53 Å². The predicted octanol–water partition coefficient (Wildman–Crippen LogP) is 4.12. The summed E-state index contributed by atoms with van der Waals surface area (Å²) in [5.74, 6) is 0.785. The van der Waals surface area contributed by atoms with Crippen LogP contribution in [0.5, 0.6) is 5.75 Å². The van der Waals surface area contributed by atoms with E-state index in [-0.39, 0.29) is 11.9 Å². The molecular weight excluding hydrogens is 362 g/mol. The maximum Gasteiger partial charge on any atom is 0.252 e. The van der Waals surface area contributed by atoms with Crippen LogP contribution in [0.4, 0.5) is 0 Å². The molecule has 0 radical (unpaired) electrons. The van der Waals surface area contributed by atoms with E-state index >= 15 is 0 Å². The molecule has 1 unspecified atom stereocenters. The number of rotatable bonds is 6. The lowest BCUT2D eigenvalue weighted by Crippen LogP contribution is -2.37. The summed E-state index contributed by atoms with van der Waals surface area (Å²) in [5.41, 5.74) is 3.54. The average Bonchev–Trinajstić information content (AvgIpc) is 3.28. The highest BCUT2D eigenvalue weighted by Gasteiger charge is 2.25. The van der Waals surface area contributed by atoms with Crippen LogP contribution >= 0.6 is 0 Å². The number of hydrogen-bond donors (Lipinski definition) is 1. The predicted molar refractivity (Wildman–Crippen MR) is 115 cm³/mol. The Morgan fingerprint density at radius 2 is 1.93 bits per heavy atom. The van der Waals surface area contributed by atoms with Gasteiger partial charge in [-0.05, 0) is 62.7 Å². The van der Waals surface area contributed by atoms with Crippen LogP contribution in [0, 0.1) is 6.92 Å². The minimum atomic E-state index is -0.0567. The summed E-state index contributed by atoms with van der Waals surface area (Å²) in [6.45, 7) is 4.58.